The first-order chi connectivity index (χ1) is 12.6. The molecule has 1 aromatic heterocycles. The summed E-state index contributed by atoms with van der Waals surface area (Å²) in [4.78, 5) is 14.7. The van der Waals surface area contributed by atoms with E-state index in [2.05, 4.69) is 25.8 Å². The summed E-state index contributed by atoms with van der Waals surface area (Å²) in [6.45, 7) is 1.25. The lowest BCUT2D eigenvalue weighted by Crippen LogP contribution is -2.44. The number of rotatable bonds is 2. The summed E-state index contributed by atoms with van der Waals surface area (Å²) < 4.78 is 17.1. The fourth-order valence-corrected chi connectivity index (χ4v) is 3.61. The van der Waals surface area contributed by atoms with Crippen LogP contribution in [0.2, 0.25) is 0 Å². The van der Waals surface area contributed by atoms with E-state index in [9.17, 15) is 9.18 Å². The van der Waals surface area contributed by atoms with Crippen LogP contribution < -0.4 is 5.32 Å². The molecule has 0 spiro atoms. The Kier molecular flexibility index (Phi) is 4.51. The average molecular weight is 414 g/mol. The van der Waals surface area contributed by atoms with E-state index in [1.165, 1.54) is 6.07 Å². The highest BCUT2D eigenvalue weighted by molar-refractivity contribution is 9.10. The summed E-state index contributed by atoms with van der Waals surface area (Å²) in [6.07, 6.45) is 2.02. The summed E-state index contributed by atoms with van der Waals surface area (Å²) in [6, 6.07) is 17.6. The summed E-state index contributed by atoms with van der Waals surface area (Å²) in [7, 11) is 0. The number of aromatic nitrogens is 1. The maximum Gasteiger partial charge on any atom is 0.322 e. The Bertz CT molecular complexity index is 938. The number of hydrogen-bond acceptors (Lipinski definition) is 1. The van der Waals surface area contributed by atoms with E-state index in [1.807, 2.05) is 42.6 Å². The number of carbonyl (C=O) groups is 1. The topological polar surface area (TPSA) is 37.3 Å². The zero-order valence-corrected chi connectivity index (χ0v) is 15.5. The fraction of sp³-hybridized carbons (Fsp3) is 0.150. The van der Waals surface area contributed by atoms with E-state index in [0.717, 1.165) is 15.7 Å². The number of nitrogens with zero attached hydrogens (tertiary/aromatic N) is 2. The molecule has 26 heavy (non-hydrogen) atoms. The molecule has 0 bridgehead atoms. The first kappa shape index (κ1) is 16.8. The van der Waals surface area contributed by atoms with Crippen molar-refractivity contribution in [2.75, 3.05) is 11.9 Å². The number of fused-ring (bicyclic) bond motifs is 1. The van der Waals surface area contributed by atoms with Crippen molar-refractivity contribution in [3.05, 3.63) is 88.4 Å². The predicted molar refractivity (Wildman–Crippen MR) is 103 cm³/mol. The van der Waals surface area contributed by atoms with Gasteiger partial charge in [0, 0.05) is 29.5 Å². The molecule has 2 heterocycles. The van der Waals surface area contributed by atoms with E-state index in [-0.39, 0.29) is 17.8 Å². The van der Waals surface area contributed by atoms with Crippen molar-refractivity contribution >= 4 is 27.6 Å². The van der Waals surface area contributed by atoms with Gasteiger partial charge in [-0.05, 0) is 42.0 Å². The Morgan fingerprint density at radius 3 is 2.58 bits per heavy atom. The molecule has 4 nitrogen and oxygen atoms in total. The number of hydrogen-bond donors (Lipinski definition) is 1. The molecule has 0 fully saturated rings. The lowest BCUT2D eigenvalue weighted by molar-refractivity contribution is 0.181. The third kappa shape index (κ3) is 3.12. The molecular weight excluding hydrogens is 397 g/mol. The molecule has 1 N–H and O–H groups in total. The highest BCUT2D eigenvalue weighted by atomic mass is 79.9. The molecule has 0 saturated carbocycles. The Morgan fingerprint density at radius 1 is 1.04 bits per heavy atom. The molecule has 2 amide bonds. The van der Waals surface area contributed by atoms with Gasteiger partial charge in [-0.3, -0.25) is 0 Å². The van der Waals surface area contributed by atoms with E-state index < -0.39 is 5.82 Å². The molecule has 4 rings (SSSR count). The normalized spacial score (nSPS) is 16.2. The quantitative estimate of drug-likeness (QED) is 0.628. The highest BCUT2D eigenvalue weighted by Crippen LogP contribution is 2.33. The van der Waals surface area contributed by atoms with Crippen molar-refractivity contribution < 1.29 is 9.18 Å². The van der Waals surface area contributed by atoms with E-state index in [0.29, 0.717) is 13.1 Å². The van der Waals surface area contributed by atoms with E-state index >= 15 is 0 Å². The number of urea groups is 1. The molecule has 6 heteroatoms. The van der Waals surface area contributed by atoms with Crippen molar-refractivity contribution in [3.63, 3.8) is 0 Å². The van der Waals surface area contributed by atoms with Crippen molar-refractivity contribution in [3.8, 4) is 0 Å². The lowest BCUT2D eigenvalue weighted by Gasteiger charge is -2.37. The van der Waals surface area contributed by atoms with Crippen molar-refractivity contribution in [1.29, 1.82) is 0 Å². The second-order valence-corrected chi connectivity index (χ2v) is 7.10. The van der Waals surface area contributed by atoms with Gasteiger partial charge in [-0.1, -0.05) is 40.2 Å². The number of carbonyl (C=O) groups excluding carboxylic acids is 1. The number of amides is 2. The van der Waals surface area contributed by atoms with Crippen LogP contribution in [-0.4, -0.2) is 22.0 Å². The van der Waals surface area contributed by atoms with E-state index in [1.54, 1.807) is 23.1 Å². The molecule has 0 radical (unpaired) electrons. The van der Waals surface area contributed by atoms with Gasteiger partial charge in [0.1, 0.15) is 5.82 Å². The number of anilines is 1. The summed E-state index contributed by atoms with van der Waals surface area (Å²) in [5.74, 6) is -0.443. The smallest absolute Gasteiger partial charge is 0.322 e. The molecule has 1 aliphatic rings. The molecule has 1 atom stereocenters. The molecule has 0 aliphatic carbocycles. The van der Waals surface area contributed by atoms with Gasteiger partial charge >= 0.3 is 6.03 Å². The molecule has 0 unspecified atom stereocenters. The molecular formula is C20H17BrFN3O. The second kappa shape index (κ2) is 6.96. The van der Waals surface area contributed by atoms with Gasteiger partial charge in [0.05, 0.1) is 11.7 Å². The van der Waals surface area contributed by atoms with Crippen LogP contribution in [0.3, 0.4) is 0 Å². The zero-order valence-electron chi connectivity index (χ0n) is 13.9. The Labute approximate surface area is 159 Å². The van der Waals surface area contributed by atoms with Gasteiger partial charge in [-0.15, -0.1) is 0 Å². The highest BCUT2D eigenvalue weighted by Gasteiger charge is 2.32. The van der Waals surface area contributed by atoms with Gasteiger partial charge in [0.25, 0.3) is 0 Å². The summed E-state index contributed by atoms with van der Waals surface area (Å²) >= 11 is 3.45. The lowest BCUT2D eigenvalue weighted by atomic mass is 10.0. The Balaban J connectivity index is 1.68. The first-order valence-electron chi connectivity index (χ1n) is 8.36. The molecule has 3 aromatic rings. The number of benzene rings is 2. The molecule has 2 aromatic carbocycles. The van der Waals surface area contributed by atoms with Crippen LogP contribution in [0.1, 0.15) is 17.3 Å². The number of nitrogens with one attached hydrogen (secondary N) is 1. The second-order valence-electron chi connectivity index (χ2n) is 6.18. The van der Waals surface area contributed by atoms with Gasteiger partial charge in [0.2, 0.25) is 0 Å². The minimum absolute atomic E-state index is 0.188. The summed E-state index contributed by atoms with van der Waals surface area (Å²) in [5.41, 5.74) is 2.24. The average Bonchev–Trinajstić information content (AvgIpc) is 3.12. The minimum Gasteiger partial charge on any atom is -0.348 e. The van der Waals surface area contributed by atoms with Crippen molar-refractivity contribution in [2.24, 2.45) is 0 Å². The van der Waals surface area contributed by atoms with Crippen LogP contribution in [-0.2, 0) is 6.54 Å². The molecule has 1 aliphatic heterocycles. The van der Waals surface area contributed by atoms with Crippen LogP contribution in [0.4, 0.5) is 14.9 Å². The Morgan fingerprint density at radius 2 is 1.81 bits per heavy atom. The summed E-state index contributed by atoms with van der Waals surface area (Å²) in [5, 5.41) is 2.71. The monoisotopic (exact) mass is 413 g/mol. The minimum atomic E-state index is -0.443. The van der Waals surface area contributed by atoms with Crippen molar-refractivity contribution in [2.45, 2.75) is 12.6 Å². The van der Waals surface area contributed by atoms with Crippen LogP contribution >= 0.6 is 15.9 Å². The first-order valence-corrected chi connectivity index (χ1v) is 9.15. The van der Waals surface area contributed by atoms with Gasteiger partial charge in [-0.25, -0.2) is 9.18 Å². The third-order valence-corrected chi connectivity index (χ3v) is 5.13. The molecule has 0 saturated heterocycles. The van der Waals surface area contributed by atoms with Gasteiger partial charge in [-0.2, -0.15) is 0 Å². The van der Waals surface area contributed by atoms with Gasteiger partial charge in [0.15, 0.2) is 0 Å². The van der Waals surface area contributed by atoms with E-state index in [4.69, 9.17) is 0 Å². The largest absolute Gasteiger partial charge is 0.348 e. The predicted octanol–water partition coefficient (Wildman–Crippen LogP) is 5.03. The Hall–Kier alpha value is -2.60. The molecule has 132 valence electrons. The number of para-hydroxylation sites is 1. The van der Waals surface area contributed by atoms with Crippen LogP contribution in [0.15, 0.2) is 71.3 Å². The number of halogens is 2. The fourth-order valence-electron chi connectivity index (χ4n) is 3.35. The standard InChI is InChI=1S/C20H17BrFN3O/c21-15-9-7-14(8-10-15)19-18-6-3-11-24(18)12-13-25(19)20(26)23-17-5-2-1-4-16(17)22/h1-11,19H,12-13H2,(H,23,26)/t19-/m0/s1. The van der Waals surface area contributed by atoms with Gasteiger partial charge < -0.3 is 14.8 Å². The van der Waals surface area contributed by atoms with Crippen molar-refractivity contribution in [1.82, 2.24) is 9.47 Å². The maximum atomic E-state index is 13.9. The maximum absolute atomic E-state index is 13.9. The third-order valence-electron chi connectivity index (χ3n) is 4.60. The van der Waals surface area contributed by atoms with Crippen LogP contribution in [0.5, 0.6) is 0 Å². The zero-order chi connectivity index (χ0) is 18.1. The van der Waals surface area contributed by atoms with Crippen LogP contribution in [0, 0.1) is 5.82 Å². The SMILES string of the molecule is O=C(Nc1ccccc1F)N1CCn2cccc2[C@@H]1c1ccc(Br)cc1. The van der Waals surface area contributed by atoms with Crippen LogP contribution in [0.25, 0.3) is 0 Å².